The van der Waals surface area contributed by atoms with E-state index >= 15 is 0 Å². The summed E-state index contributed by atoms with van der Waals surface area (Å²) in [5.41, 5.74) is 2.19. The Bertz CT molecular complexity index is 1580. The molecule has 0 atom stereocenters. The molecular formula is C33H45N7O3S. The lowest BCUT2D eigenvalue weighted by molar-refractivity contribution is -0.139. The van der Waals surface area contributed by atoms with Crippen molar-refractivity contribution in [3.8, 4) is 5.82 Å². The zero-order valence-corrected chi connectivity index (χ0v) is 26.6. The van der Waals surface area contributed by atoms with E-state index in [1.165, 1.54) is 25.5 Å². The Morgan fingerprint density at radius 3 is 2.32 bits per heavy atom. The van der Waals surface area contributed by atoms with Gasteiger partial charge in [0.05, 0.1) is 10.8 Å². The molecule has 0 unspecified atom stereocenters. The fourth-order valence-electron chi connectivity index (χ4n) is 7.69. The predicted molar refractivity (Wildman–Crippen MR) is 174 cm³/mol. The number of benzene rings is 1. The first kappa shape index (κ1) is 29.5. The summed E-state index contributed by atoms with van der Waals surface area (Å²) in [5, 5.41) is 4.44. The van der Waals surface area contributed by atoms with Gasteiger partial charge in [-0.15, -0.1) is 0 Å². The molecule has 10 nitrogen and oxygen atoms in total. The molecule has 2 aromatic heterocycles. The van der Waals surface area contributed by atoms with E-state index in [-0.39, 0.29) is 17.2 Å². The maximum atomic E-state index is 13.3. The number of hydrogen-bond donors (Lipinski definition) is 1. The van der Waals surface area contributed by atoms with Crippen LogP contribution in [-0.2, 0) is 14.6 Å². The Hall–Kier alpha value is -3.18. The van der Waals surface area contributed by atoms with Crippen molar-refractivity contribution in [3.63, 3.8) is 0 Å². The van der Waals surface area contributed by atoms with Crippen LogP contribution in [0.15, 0.2) is 42.7 Å². The minimum atomic E-state index is -3.00. The van der Waals surface area contributed by atoms with Crippen LogP contribution in [0.4, 0.5) is 11.6 Å². The van der Waals surface area contributed by atoms with Gasteiger partial charge < -0.3 is 19.7 Å². The van der Waals surface area contributed by atoms with Gasteiger partial charge in [-0.1, -0.05) is 12.5 Å². The zero-order valence-electron chi connectivity index (χ0n) is 25.8. The topological polar surface area (TPSA) is 104 Å². The molecule has 2 saturated heterocycles. The predicted octanol–water partition coefficient (Wildman–Crippen LogP) is 4.10. The second-order valence-corrected chi connectivity index (χ2v) is 15.6. The van der Waals surface area contributed by atoms with Crippen molar-refractivity contribution in [3.05, 3.63) is 42.7 Å². The molecule has 0 radical (unpaired) electrons. The highest BCUT2D eigenvalue weighted by Gasteiger charge is 2.34. The second-order valence-electron chi connectivity index (χ2n) is 13.3. The van der Waals surface area contributed by atoms with Gasteiger partial charge in [0.2, 0.25) is 11.9 Å². The van der Waals surface area contributed by atoms with Gasteiger partial charge in [-0.3, -0.25) is 9.69 Å². The number of sulfone groups is 1. The molecule has 1 amide bonds. The zero-order chi connectivity index (χ0) is 30.3. The Balaban J connectivity index is 0.962. The molecule has 4 heterocycles. The molecule has 44 heavy (non-hydrogen) atoms. The van der Waals surface area contributed by atoms with Gasteiger partial charge in [0.1, 0.15) is 15.7 Å². The van der Waals surface area contributed by atoms with Gasteiger partial charge in [-0.25, -0.2) is 13.4 Å². The molecular weight excluding hydrogens is 574 g/mol. The number of nitrogens with one attached hydrogen (secondary N) is 1. The fourth-order valence-corrected chi connectivity index (χ4v) is 8.76. The Morgan fingerprint density at radius 2 is 1.64 bits per heavy atom. The fraction of sp³-hybridized carbons (Fsp3) is 0.606. The average molecular weight is 620 g/mol. The number of amides is 1. The van der Waals surface area contributed by atoms with Crippen LogP contribution in [0.2, 0.25) is 0 Å². The highest BCUT2D eigenvalue weighted by molar-refractivity contribution is 7.91. The van der Waals surface area contributed by atoms with Crippen LogP contribution in [-0.4, -0.2) is 102 Å². The third kappa shape index (κ3) is 6.05. The maximum Gasteiger partial charge on any atom is 0.225 e. The first-order valence-electron chi connectivity index (χ1n) is 16.5. The first-order valence-corrected chi connectivity index (χ1v) is 18.5. The van der Waals surface area contributed by atoms with Crippen LogP contribution in [0.1, 0.15) is 57.8 Å². The number of aromatic nitrogens is 3. The van der Waals surface area contributed by atoms with E-state index in [0.717, 1.165) is 93.4 Å². The molecule has 4 fully saturated rings. The van der Waals surface area contributed by atoms with Crippen molar-refractivity contribution >= 4 is 38.3 Å². The van der Waals surface area contributed by atoms with Crippen molar-refractivity contribution in [1.82, 2.24) is 24.3 Å². The third-order valence-electron chi connectivity index (χ3n) is 10.6. The van der Waals surface area contributed by atoms with Gasteiger partial charge in [0.25, 0.3) is 0 Å². The molecule has 4 aliphatic rings. The number of anilines is 2. The molecule has 2 aliphatic heterocycles. The Labute approximate surface area is 260 Å². The normalized spacial score (nSPS) is 24.4. The summed E-state index contributed by atoms with van der Waals surface area (Å²) in [5.74, 6) is 1.90. The van der Waals surface area contributed by atoms with E-state index in [0.29, 0.717) is 24.7 Å². The minimum Gasteiger partial charge on any atom is -0.371 e. The van der Waals surface area contributed by atoms with E-state index in [4.69, 9.17) is 4.98 Å². The molecule has 0 bridgehead atoms. The smallest absolute Gasteiger partial charge is 0.225 e. The Morgan fingerprint density at radius 1 is 0.886 bits per heavy atom. The molecule has 1 aromatic carbocycles. The van der Waals surface area contributed by atoms with Gasteiger partial charge in [0, 0.05) is 87.0 Å². The van der Waals surface area contributed by atoms with Crippen molar-refractivity contribution in [2.45, 2.75) is 75.1 Å². The number of carbonyl (C=O) groups is 1. The van der Waals surface area contributed by atoms with Crippen molar-refractivity contribution in [1.29, 1.82) is 0 Å². The summed E-state index contributed by atoms with van der Waals surface area (Å²) < 4.78 is 26.2. The summed E-state index contributed by atoms with van der Waals surface area (Å²) >= 11 is 0. The lowest BCUT2D eigenvalue weighted by Crippen LogP contribution is -2.54. The minimum absolute atomic E-state index is 0.133. The summed E-state index contributed by atoms with van der Waals surface area (Å²) in [6.45, 7) is 5.28. The standard InChI is InChI=1S/C33H45N7O3S/c1-44(42,43)27-13-17-38(18-14-27)29-6-3-7-30-28(29)15-19-40(30)31-12-16-34-33(36-31)35-25-10-8-24(9-11-25)32(41)39-22-20-37(21-23-39)26-4-2-5-26/h3,6-7,12,15-16,19,24-27H,2,4-5,8-11,13-14,17-18,20-23H2,1H3,(H,34,35,36). The summed E-state index contributed by atoms with van der Waals surface area (Å²) in [7, 11) is -3.00. The number of nitrogens with zero attached hydrogens (tertiary/aromatic N) is 6. The average Bonchev–Trinajstić information content (AvgIpc) is 3.45. The molecule has 1 N–H and O–H groups in total. The summed E-state index contributed by atoms with van der Waals surface area (Å²) in [6, 6.07) is 11.3. The van der Waals surface area contributed by atoms with Gasteiger partial charge >= 0.3 is 0 Å². The molecule has 236 valence electrons. The molecule has 2 saturated carbocycles. The number of carbonyl (C=O) groups excluding carboxylic acids is 1. The van der Waals surface area contributed by atoms with Crippen LogP contribution in [0, 0.1) is 5.92 Å². The molecule has 0 spiro atoms. The van der Waals surface area contributed by atoms with E-state index in [9.17, 15) is 13.2 Å². The highest BCUT2D eigenvalue weighted by Crippen LogP contribution is 2.33. The van der Waals surface area contributed by atoms with Crippen LogP contribution < -0.4 is 10.2 Å². The van der Waals surface area contributed by atoms with Crippen LogP contribution in [0.25, 0.3) is 16.7 Å². The van der Waals surface area contributed by atoms with Crippen LogP contribution in [0.3, 0.4) is 0 Å². The number of hydrogen-bond acceptors (Lipinski definition) is 8. The molecule has 7 rings (SSSR count). The van der Waals surface area contributed by atoms with Crippen LogP contribution >= 0.6 is 0 Å². The summed E-state index contributed by atoms with van der Waals surface area (Å²) in [4.78, 5) is 29.7. The van der Waals surface area contributed by atoms with Crippen molar-refractivity contribution in [2.24, 2.45) is 5.92 Å². The third-order valence-corrected chi connectivity index (χ3v) is 12.3. The van der Waals surface area contributed by atoms with Gasteiger partial charge in [-0.2, -0.15) is 4.98 Å². The van der Waals surface area contributed by atoms with Gasteiger partial charge in [-0.05, 0) is 75.6 Å². The van der Waals surface area contributed by atoms with Crippen molar-refractivity contribution < 1.29 is 13.2 Å². The number of fused-ring (bicyclic) bond motifs is 1. The SMILES string of the molecule is CS(=O)(=O)C1CCN(c2cccc3c2ccn3-c2ccnc(NC3CCC(C(=O)N4CCN(C5CCC5)CC4)CC3)n2)CC1. The maximum absolute atomic E-state index is 13.3. The van der Waals surface area contributed by atoms with Crippen molar-refractivity contribution in [2.75, 3.05) is 55.7 Å². The molecule has 3 aromatic rings. The lowest BCUT2D eigenvalue weighted by Gasteiger charge is -2.44. The molecule has 2 aliphatic carbocycles. The van der Waals surface area contributed by atoms with E-state index in [2.05, 4.69) is 53.8 Å². The number of rotatable bonds is 7. The lowest BCUT2D eigenvalue weighted by atomic mass is 9.85. The monoisotopic (exact) mass is 619 g/mol. The Kier molecular flexibility index (Phi) is 8.26. The van der Waals surface area contributed by atoms with Crippen LogP contribution in [0.5, 0.6) is 0 Å². The van der Waals surface area contributed by atoms with E-state index < -0.39 is 9.84 Å². The molecule has 11 heteroatoms. The first-order chi connectivity index (χ1) is 21.3. The van der Waals surface area contributed by atoms with Gasteiger partial charge in [0.15, 0.2) is 0 Å². The van der Waals surface area contributed by atoms with E-state index in [1.54, 1.807) is 6.20 Å². The number of piperazine rings is 1. The number of piperidine rings is 1. The summed E-state index contributed by atoms with van der Waals surface area (Å²) in [6.07, 6.45) is 14.2. The largest absolute Gasteiger partial charge is 0.371 e. The van der Waals surface area contributed by atoms with E-state index in [1.807, 2.05) is 12.3 Å². The quantitative estimate of drug-likeness (QED) is 0.422. The second kappa shape index (κ2) is 12.3. The highest BCUT2D eigenvalue weighted by atomic mass is 32.2.